The number of hydrogen-bond acceptors (Lipinski definition) is 9. The molecule has 1 saturated heterocycles. The maximum atomic E-state index is 11.9. The molecule has 1 amide bonds. The molecule has 0 radical (unpaired) electrons. The number of carbonyl (C=O) groups excluding carboxylic acids is 1. The van der Waals surface area contributed by atoms with Gasteiger partial charge in [-0.15, -0.1) is 11.3 Å². The SMILES string of the molecule is CCOC(=O)N1CCN(c2nc(-c3ccc([N+](=O)[O-])o3)nc3ccsc23)CC1. The summed E-state index contributed by atoms with van der Waals surface area (Å²) in [5.41, 5.74) is 0.747. The topological polar surface area (TPSA) is 115 Å². The molecule has 4 heterocycles. The molecule has 28 heavy (non-hydrogen) atoms. The summed E-state index contributed by atoms with van der Waals surface area (Å²) in [6.45, 7) is 4.37. The zero-order valence-corrected chi connectivity index (χ0v) is 15.8. The number of carbonyl (C=O) groups is 1. The lowest BCUT2D eigenvalue weighted by Crippen LogP contribution is -2.49. The summed E-state index contributed by atoms with van der Waals surface area (Å²) in [7, 11) is 0. The van der Waals surface area contributed by atoms with E-state index in [0.29, 0.717) is 38.6 Å². The molecule has 1 fully saturated rings. The van der Waals surface area contributed by atoms with Crippen LogP contribution in [0.4, 0.5) is 16.5 Å². The van der Waals surface area contributed by atoms with Crippen molar-refractivity contribution in [2.24, 2.45) is 0 Å². The van der Waals surface area contributed by atoms with E-state index in [1.807, 2.05) is 11.4 Å². The smallest absolute Gasteiger partial charge is 0.433 e. The van der Waals surface area contributed by atoms with Crippen LogP contribution in [0.3, 0.4) is 0 Å². The molecular formula is C17H17N5O5S. The standard InChI is InChI=1S/C17H17N5O5S/c1-2-26-17(23)21-8-6-20(7-9-21)16-14-11(5-10-28-14)18-15(19-16)12-3-4-13(27-12)22(24)25/h3-5,10H,2,6-9H2,1H3. The monoisotopic (exact) mass is 403 g/mol. The summed E-state index contributed by atoms with van der Waals surface area (Å²) < 4.78 is 11.2. The quantitative estimate of drug-likeness (QED) is 0.482. The van der Waals surface area contributed by atoms with Gasteiger partial charge in [0.2, 0.25) is 0 Å². The Kier molecular flexibility index (Phi) is 4.82. The maximum absolute atomic E-state index is 11.9. The average Bonchev–Trinajstić information content (AvgIpc) is 3.37. The van der Waals surface area contributed by atoms with Crippen molar-refractivity contribution in [3.05, 3.63) is 33.7 Å². The molecule has 0 atom stereocenters. The largest absolute Gasteiger partial charge is 0.450 e. The lowest BCUT2D eigenvalue weighted by Gasteiger charge is -2.34. The van der Waals surface area contributed by atoms with Crippen molar-refractivity contribution in [1.82, 2.24) is 14.9 Å². The molecule has 0 unspecified atom stereocenters. The van der Waals surface area contributed by atoms with Crippen molar-refractivity contribution in [3.63, 3.8) is 0 Å². The van der Waals surface area contributed by atoms with E-state index in [1.165, 1.54) is 23.5 Å². The lowest BCUT2D eigenvalue weighted by atomic mass is 10.3. The van der Waals surface area contributed by atoms with Gasteiger partial charge in [0.1, 0.15) is 4.92 Å². The molecule has 11 heteroatoms. The predicted octanol–water partition coefficient (Wildman–Crippen LogP) is 3.14. The number of nitro groups is 1. The van der Waals surface area contributed by atoms with E-state index in [0.717, 1.165) is 16.0 Å². The number of anilines is 1. The van der Waals surface area contributed by atoms with Crippen molar-refractivity contribution in [3.8, 4) is 11.6 Å². The molecular weight excluding hydrogens is 386 g/mol. The van der Waals surface area contributed by atoms with Crippen molar-refractivity contribution >= 4 is 39.3 Å². The van der Waals surface area contributed by atoms with Crippen LogP contribution in [0.15, 0.2) is 28.0 Å². The van der Waals surface area contributed by atoms with Crippen molar-refractivity contribution in [1.29, 1.82) is 0 Å². The number of fused-ring (bicyclic) bond motifs is 1. The highest BCUT2D eigenvalue weighted by molar-refractivity contribution is 7.17. The third-order valence-electron chi connectivity index (χ3n) is 4.38. The number of aromatic nitrogens is 2. The number of nitrogens with zero attached hydrogens (tertiary/aromatic N) is 5. The molecule has 1 aliphatic heterocycles. The Hall–Kier alpha value is -3.21. The molecule has 10 nitrogen and oxygen atoms in total. The summed E-state index contributed by atoms with van der Waals surface area (Å²) in [5, 5.41) is 12.8. The first kappa shape index (κ1) is 18.2. The number of furan rings is 1. The number of piperazine rings is 1. The molecule has 4 rings (SSSR count). The van der Waals surface area contributed by atoms with Crippen molar-refractivity contribution in [2.45, 2.75) is 6.92 Å². The first-order valence-electron chi connectivity index (χ1n) is 8.73. The molecule has 146 valence electrons. The van der Waals surface area contributed by atoms with Crippen LogP contribution in [0.2, 0.25) is 0 Å². The van der Waals surface area contributed by atoms with Gasteiger partial charge in [0, 0.05) is 26.2 Å². The third-order valence-corrected chi connectivity index (χ3v) is 5.28. The van der Waals surface area contributed by atoms with Gasteiger partial charge in [0.25, 0.3) is 0 Å². The van der Waals surface area contributed by atoms with E-state index >= 15 is 0 Å². The molecule has 0 saturated carbocycles. The van der Waals surface area contributed by atoms with Crippen molar-refractivity contribution in [2.75, 3.05) is 37.7 Å². The van der Waals surface area contributed by atoms with Gasteiger partial charge in [-0.1, -0.05) is 0 Å². The predicted molar refractivity (Wildman–Crippen MR) is 103 cm³/mol. The highest BCUT2D eigenvalue weighted by Gasteiger charge is 2.25. The number of ether oxygens (including phenoxy) is 1. The number of amides is 1. The van der Waals surface area contributed by atoms with Gasteiger partial charge in [-0.25, -0.2) is 14.8 Å². The fourth-order valence-electron chi connectivity index (χ4n) is 3.03. The fourth-order valence-corrected chi connectivity index (χ4v) is 3.88. The van der Waals surface area contributed by atoms with Gasteiger partial charge < -0.3 is 19.0 Å². The average molecular weight is 403 g/mol. The van der Waals surface area contributed by atoms with Gasteiger partial charge in [-0.3, -0.25) is 10.1 Å². The second kappa shape index (κ2) is 7.43. The Labute approximate surface area is 163 Å². The Balaban J connectivity index is 1.63. The Bertz CT molecular complexity index is 1020. The minimum Gasteiger partial charge on any atom is -0.450 e. The number of hydrogen-bond donors (Lipinski definition) is 0. The zero-order valence-electron chi connectivity index (χ0n) is 15.0. The first-order valence-corrected chi connectivity index (χ1v) is 9.61. The van der Waals surface area contributed by atoms with Crippen LogP contribution in [0.1, 0.15) is 6.92 Å². The molecule has 0 spiro atoms. The molecule has 3 aromatic heterocycles. The highest BCUT2D eigenvalue weighted by atomic mass is 32.1. The highest BCUT2D eigenvalue weighted by Crippen LogP contribution is 2.33. The van der Waals surface area contributed by atoms with Crippen LogP contribution in [-0.4, -0.2) is 58.7 Å². The van der Waals surface area contributed by atoms with Crippen LogP contribution in [0.5, 0.6) is 0 Å². The Morgan fingerprint density at radius 2 is 2.07 bits per heavy atom. The van der Waals surface area contributed by atoms with E-state index in [1.54, 1.807) is 11.8 Å². The van der Waals surface area contributed by atoms with E-state index in [4.69, 9.17) is 9.15 Å². The van der Waals surface area contributed by atoms with Gasteiger partial charge in [-0.05, 0) is 24.4 Å². The van der Waals surface area contributed by atoms with Crippen LogP contribution in [0.25, 0.3) is 21.8 Å². The number of rotatable bonds is 4. The molecule has 0 bridgehead atoms. The third kappa shape index (κ3) is 3.36. The summed E-state index contributed by atoms with van der Waals surface area (Å²) in [6.07, 6.45) is -0.310. The molecule has 0 N–H and O–H groups in total. The maximum Gasteiger partial charge on any atom is 0.433 e. The van der Waals surface area contributed by atoms with E-state index in [-0.39, 0.29) is 17.7 Å². The lowest BCUT2D eigenvalue weighted by molar-refractivity contribution is -0.401. The molecule has 1 aliphatic rings. The summed E-state index contributed by atoms with van der Waals surface area (Å²) in [5.74, 6) is 0.916. The van der Waals surface area contributed by atoms with Gasteiger partial charge in [0.15, 0.2) is 17.4 Å². The molecule has 3 aromatic rings. The van der Waals surface area contributed by atoms with Crippen molar-refractivity contribution < 1.29 is 18.9 Å². The summed E-state index contributed by atoms with van der Waals surface area (Å²) >= 11 is 1.53. The van der Waals surface area contributed by atoms with E-state index < -0.39 is 4.92 Å². The Morgan fingerprint density at radius 3 is 2.75 bits per heavy atom. The summed E-state index contributed by atoms with van der Waals surface area (Å²) in [6, 6.07) is 4.66. The molecule has 0 aliphatic carbocycles. The second-order valence-corrected chi connectivity index (χ2v) is 6.99. The Morgan fingerprint density at radius 1 is 1.29 bits per heavy atom. The minimum atomic E-state index is -0.595. The van der Waals surface area contributed by atoms with E-state index in [9.17, 15) is 14.9 Å². The number of thiophene rings is 1. The van der Waals surface area contributed by atoms with E-state index in [2.05, 4.69) is 14.9 Å². The van der Waals surface area contributed by atoms with Gasteiger partial charge in [-0.2, -0.15) is 0 Å². The fraction of sp³-hybridized carbons (Fsp3) is 0.353. The van der Waals surface area contributed by atoms with Crippen LogP contribution in [0, 0.1) is 10.1 Å². The first-order chi connectivity index (χ1) is 13.6. The van der Waals surface area contributed by atoms with Crippen LogP contribution >= 0.6 is 11.3 Å². The van der Waals surface area contributed by atoms with Crippen LogP contribution < -0.4 is 4.90 Å². The molecule has 0 aromatic carbocycles. The second-order valence-electron chi connectivity index (χ2n) is 6.07. The minimum absolute atomic E-state index is 0.242. The zero-order chi connectivity index (χ0) is 19.7. The van der Waals surface area contributed by atoms with Crippen LogP contribution in [-0.2, 0) is 4.74 Å². The van der Waals surface area contributed by atoms with Gasteiger partial charge >= 0.3 is 12.0 Å². The summed E-state index contributed by atoms with van der Waals surface area (Å²) in [4.78, 5) is 35.0. The van der Waals surface area contributed by atoms with Gasteiger partial charge in [0.05, 0.1) is 22.9 Å². The normalized spacial score (nSPS) is 14.5.